The molecule has 0 N–H and O–H groups in total. The SMILES string of the molecule is COCCCCC1CCCO1. The Bertz CT molecular complexity index is 87.6. The molecular formula is C9H18O2. The van der Waals surface area contributed by atoms with Crippen molar-refractivity contribution in [1.29, 1.82) is 0 Å². The van der Waals surface area contributed by atoms with Gasteiger partial charge in [-0.15, -0.1) is 0 Å². The third-order valence-corrected chi connectivity index (χ3v) is 2.15. The highest BCUT2D eigenvalue weighted by Crippen LogP contribution is 2.17. The van der Waals surface area contributed by atoms with Crippen LogP contribution in [0.15, 0.2) is 0 Å². The van der Waals surface area contributed by atoms with Crippen LogP contribution >= 0.6 is 0 Å². The fraction of sp³-hybridized carbons (Fsp3) is 1.00. The van der Waals surface area contributed by atoms with E-state index >= 15 is 0 Å². The van der Waals surface area contributed by atoms with E-state index in [4.69, 9.17) is 9.47 Å². The van der Waals surface area contributed by atoms with Gasteiger partial charge in [-0.1, -0.05) is 0 Å². The molecule has 0 aromatic heterocycles. The molecule has 66 valence electrons. The van der Waals surface area contributed by atoms with E-state index in [0.717, 1.165) is 13.2 Å². The van der Waals surface area contributed by atoms with Crippen LogP contribution in [0.25, 0.3) is 0 Å². The van der Waals surface area contributed by atoms with Crippen molar-refractivity contribution in [2.45, 2.75) is 38.2 Å². The monoisotopic (exact) mass is 158 g/mol. The number of hydrogen-bond acceptors (Lipinski definition) is 2. The maximum atomic E-state index is 5.49. The molecule has 0 saturated carbocycles. The summed E-state index contributed by atoms with van der Waals surface area (Å²) in [5.74, 6) is 0. The first-order chi connectivity index (χ1) is 5.43. The fourth-order valence-electron chi connectivity index (χ4n) is 1.49. The van der Waals surface area contributed by atoms with Crippen LogP contribution in [0.1, 0.15) is 32.1 Å². The molecule has 1 aliphatic rings. The molecule has 0 radical (unpaired) electrons. The van der Waals surface area contributed by atoms with Crippen molar-refractivity contribution in [2.24, 2.45) is 0 Å². The van der Waals surface area contributed by atoms with Crippen LogP contribution in [-0.4, -0.2) is 26.4 Å². The van der Waals surface area contributed by atoms with Crippen LogP contribution < -0.4 is 0 Å². The van der Waals surface area contributed by atoms with Gasteiger partial charge >= 0.3 is 0 Å². The lowest BCUT2D eigenvalue weighted by molar-refractivity contribution is 0.0987. The topological polar surface area (TPSA) is 18.5 Å². The zero-order valence-electron chi connectivity index (χ0n) is 7.34. The minimum absolute atomic E-state index is 0.562. The molecule has 0 amide bonds. The van der Waals surface area contributed by atoms with Crippen LogP contribution in [0, 0.1) is 0 Å². The number of rotatable bonds is 5. The smallest absolute Gasteiger partial charge is 0.0576 e. The Balaban J connectivity index is 1.86. The van der Waals surface area contributed by atoms with Gasteiger partial charge in [-0.05, 0) is 32.1 Å². The van der Waals surface area contributed by atoms with Gasteiger partial charge < -0.3 is 9.47 Å². The number of unbranched alkanes of at least 4 members (excludes halogenated alkanes) is 1. The summed E-state index contributed by atoms with van der Waals surface area (Å²) in [4.78, 5) is 0. The zero-order valence-corrected chi connectivity index (χ0v) is 7.34. The van der Waals surface area contributed by atoms with Gasteiger partial charge in [-0.3, -0.25) is 0 Å². The predicted molar refractivity (Wildman–Crippen MR) is 44.7 cm³/mol. The van der Waals surface area contributed by atoms with Gasteiger partial charge in [0.25, 0.3) is 0 Å². The molecular weight excluding hydrogens is 140 g/mol. The fourth-order valence-corrected chi connectivity index (χ4v) is 1.49. The summed E-state index contributed by atoms with van der Waals surface area (Å²) >= 11 is 0. The molecule has 1 aliphatic heterocycles. The van der Waals surface area contributed by atoms with Crippen LogP contribution in [0.4, 0.5) is 0 Å². The van der Waals surface area contributed by atoms with Crippen molar-refractivity contribution in [3.8, 4) is 0 Å². The third-order valence-electron chi connectivity index (χ3n) is 2.15. The molecule has 1 rings (SSSR count). The molecule has 1 atom stereocenters. The molecule has 0 aromatic rings. The number of methoxy groups -OCH3 is 1. The summed E-state index contributed by atoms with van der Waals surface area (Å²) in [5, 5.41) is 0. The second-order valence-corrected chi connectivity index (χ2v) is 3.12. The Morgan fingerprint density at radius 3 is 3.00 bits per heavy atom. The van der Waals surface area contributed by atoms with Crippen LogP contribution in [0.3, 0.4) is 0 Å². The Morgan fingerprint density at radius 2 is 2.36 bits per heavy atom. The molecule has 2 nitrogen and oxygen atoms in total. The molecule has 1 saturated heterocycles. The average molecular weight is 158 g/mol. The average Bonchev–Trinajstić information content (AvgIpc) is 2.50. The lowest BCUT2D eigenvalue weighted by Crippen LogP contribution is -2.04. The van der Waals surface area contributed by atoms with Gasteiger partial charge in [0.1, 0.15) is 0 Å². The van der Waals surface area contributed by atoms with Crippen molar-refractivity contribution >= 4 is 0 Å². The van der Waals surface area contributed by atoms with Gasteiger partial charge in [0.15, 0.2) is 0 Å². The van der Waals surface area contributed by atoms with Gasteiger partial charge in [-0.2, -0.15) is 0 Å². The van der Waals surface area contributed by atoms with Gasteiger partial charge in [0, 0.05) is 20.3 Å². The quantitative estimate of drug-likeness (QED) is 0.570. The minimum Gasteiger partial charge on any atom is -0.385 e. The van der Waals surface area contributed by atoms with E-state index < -0.39 is 0 Å². The normalized spacial score (nSPS) is 24.3. The number of hydrogen-bond donors (Lipinski definition) is 0. The van der Waals surface area contributed by atoms with Crippen LogP contribution in [0.5, 0.6) is 0 Å². The molecule has 1 unspecified atom stereocenters. The predicted octanol–water partition coefficient (Wildman–Crippen LogP) is 1.98. The number of ether oxygens (including phenoxy) is 2. The van der Waals surface area contributed by atoms with Crippen molar-refractivity contribution < 1.29 is 9.47 Å². The van der Waals surface area contributed by atoms with E-state index in [1.807, 2.05) is 0 Å². The minimum atomic E-state index is 0.562. The van der Waals surface area contributed by atoms with Gasteiger partial charge in [0.2, 0.25) is 0 Å². The van der Waals surface area contributed by atoms with Crippen molar-refractivity contribution in [2.75, 3.05) is 20.3 Å². The molecule has 0 aromatic carbocycles. The van der Waals surface area contributed by atoms with Crippen LogP contribution in [0.2, 0.25) is 0 Å². The Hall–Kier alpha value is -0.0800. The largest absolute Gasteiger partial charge is 0.385 e. The van der Waals surface area contributed by atoms with Crippen molar-refractivity contribution in [3.63, 3.8) is 0 Å². The molecule has 2 heteroatoms. The zero-order chi connectivity index (χ0) is 7.94. The van der Waals surface area contributed by atoms with Crippen molar-refractivity contribution in [3.05, 3.63) is 0 Å². The Labute approximate surface area is 68.9 Å². The Morgan fingerprint density at radius 1 is 1.45 bits per heavy atom. The first-order valence-corrected chi connectivity index (χ1v) is 4.54. The van der Waals surface area contributed by atoms with E-state index in [9.17, 15) is 0 Å². The summed E-state index contributed by atoms with van der Waals surface area (Å²) in [6.45, 7) is 1.88. The summed E-state index contributed by atoms with van der Waals surface area (Å²) in [6.07, 6.45) is 6.74. The van der Waals surface area contributed by atoms with E-state index in [2.05, 4.69) is 0 Å². The maximum absolute atomic E-state index is 5.49. The third kappa shape index (κ3) is 3.73. The standard InChI is InChI=1S/C9H18O2/c1-10-7-3-2-5-9-6-4-8-11-9/h9H,2-8H2,1H3. The summed E-state index contributed by atoms with van der Waals surface area (Å²) in [5.41, 5.74) is 0. The van der Waals surface area contributed by atoms with E-state index in [0.29, 0.717) is 6.10 Å². The lowest BCUT2D eigenvalue weighted by atomic mass is 10.1. The second kappa shape index (κ2) is 5.56. The van der Waals surface area contributed by atoms with Gasteiger partial charge in [-0.25, -0.2) is 0 Å². The Kier molecular flexibility index (Phi) is 4.55. The maximum Gasteiger partial charge on any atom is 0.0576 e. The second-order valence-electron chi connectivity index (χ2n) is 3.12. The lowest BCUT2D eigenvalue weighted by Gasteiger charge is -2.07. The molecule has 0 spiro atoms. The van der Waals surface area contributed by atoms with E-state index in [-0.39, 0.29) is 0 Å². The first-order valence-electron chi connectivity index (χ1n) is 4.54. The first kappa shape index (κ1) is 9.01. The molecule has 11 heavy (non-hydrogen) atoms. The molecule has 0 aliphatic carbocycles. The highest BCUT2D eigenvalue weighted by atomic mass is 16.5. The molecule has 0 bridgehead atoms. The summed E-state index contributed by atoms with van der Waals surface area (Å²) in [7, 11) is 1.76. The van der Waals surface area contributed by atoms with E-state index in [1.54, 1.807) is 7.11 Å². The van der Waals surface area contributed by atoms with Crippen LogP contribution in [-0.2, 0) is 9.47 Å². The van der Waals surface area contributed by atoms with Crippen molar-refractivity contribution in [1.82, 2.24) is 0 Å². The molecule has 1 fully saturated rings. The molecule has 1 heterocycles. The summed E-state index contributed by atoms with van der Waals surface area (Å²) < 4.78 is 10.5. The van der Waals surface area contributed by atoms with E-state index in [1.165, 1.54) is 32.1 Å². The highest BCUT2D eigenvalue weighted by molar-refractivity contribution is 4.64. The van der Waals surface area contributed by atoms with Gasteiger partial charge in [0.05, 0.1) is 6.10 Å². The summed E-state index contributed by atoms with van der Waals surface area (Å²) in [6, 6.07) is 0. The highest BCUT2D eigenvalue weighted by Gasteiger charge is 2.13.